The van der Waals surface area contributed by atoms with Gasteiger partial charge in [-0.1, -0.05) is 75.7 Å². The minimum Gasteiger partial charge on any atom is -0.481 e. The first kappa shape index (κ1) is 25.3. The molecule has 1 aliphatic carbocycles. The molecule has 0 saturated carbocycles. The van der Waals surface area contributed by atoms with Crippen molar-refractivity contribution >= 4 is 18.0 Å². The third-order valence-corrected chi connectivity index (χ3v) is 6.37. The van der Waals surface area contributed by atoms with E-state index in [0.29, 0.717) is 12.8 Å². The molecular weight excluding hydrogens is 432 g/mol. The van der Waals surface area contributed by atoms with Crippen LogP contribution in [0, 0.1) is 5.41 Å². The van der Waals surface area contributed by atoms with Crippen LogP contribution >= 0.6 is 0 Å². The summed E-state index contributed by atoms with van der Waals surface area (Å²) < 4.78 is 5.54. The number of carbonyl (C=O) groups excluding carboxylic acids is 2. The topological polar surface area (TPSA) is 105 Å². The molecule has 182 valence electrons. The van der Waals surface area contributed by atoms with E-state index in [1.165, 1.54) is 11.1 Å². The average Bonchev–Trinajstić information content (AvgIpc) is 3.11. The van der Waals surface area contributed by atoms with Gasteiger partial charge in [-0.15, -0.1) is 0 Å². The molecule has 0 spiro atoms. The van der Waals surface area contributed by atoms with E-state index < -0.39 is 23.5 Å². The molecule has 0 aromatic heterocycles. The van der Waals surface area contributed by atoms with Crippen molar-refractivity contribution in [1.29, 1.82) is 0 Å². The molecule has 0 saturated heterocycles. The smallest absolute Gasteiger partial charge is 0.407 e. The van der Waals surface area contributed by atoms with Gasteiger partial charge in [0.1, 0.15) is 6.61 Å². The fourth-order valence-electron chi connectivity index (χ4n) is 4.41. The number of nitrogens with one attached hydrogen (secondary N) is 2. The quantitative estimate of drug-likeness (QED) is 0.445. The van der Waals surface area contributed by atoms with E-state index in [4.69, 9.17) is 9.84 Å². The molecule has 7 nitrogen and oxygen atoms in total. The maximum Gasteiger partial charge on any atom is 0.407 e. The molecule has 0 radical (unpaired) electrons. The second kappa shape index (κ2) is 11.2. The van der Waals surface area contributed by atoms with Crippen molar-refractivity contribution in [2.24, 2.45) is 5.41 Å². The molecule has 34 heavy (non-hydrogen) atoms. The zero-order valence-electron chi connectivity index (χ0n) is 20.1. The summed E-state index contributed by atoms with van der Waals surface area (Å²) in [7, 11) is 0. The summed E-state index contributed by atoms with van der Waals surface area (Å²) >= 11 is 0. The van der Waals surface area contributed by atoms with E-state index in [1.807, 2.05) is 31.2 Å². The number of alkyl carbamates (subject to hydrolysis) is 1. The number of rotatable bonds is 11. The van der Waals surface area contributed by atoms with Crippen molar-refractivity contribution < 1.29 is 24.2 Å². The van der Waals surface area contributed by atoms with Crippen LogP contribution in [0.2, 0.25) is 0 Å². The van der Waals surface area contributed by atoms with Crippen molar-refractivity contribution in [3.05, 3.63) is 59.7 Å². The van der Waals surface area contributed by atoms with Gasteiger partial charge in [0.15, 0.2) is 0 Å². The van der Waals surface area contributed by atoms with Crippen molar-refractivity contribution in [1.82, 2.24) is 10.6 Å². The summed E-state index contributed by atoms with van der Waals surface area (Å²) in [5.74, 6) is -1.17. The zero-order valence-corrected chi connectivity index (χ0v) is 20.1. The molecule has 2 amide bonds. The van der Waals surface area contributed by atoms with Crippen LogP contribution in [0.1, 0.15) is 63.5 Å². The van der Waals surface area contributed by atoms with E-state index in [9.17, 15) is 14.4 Å². The van der Waals surface area contributed by atoms with Gasteiger partial charge in [-0.3, -0.25) is 9.59 Å². The Morgan fingerprint density at radius 2 is 1.62 bits per heavy atom. The highest BCUT2D eigenvalue weighted by Gasteiger charge is 2.31. The summed E-state index contributed by atoms with van der Waals surface area (Å²) in [5.41, 5.74) is 3.88. The summed E-state index contributed by atoms with van der Waals surface area (Å²) in [6.07, 6.45) is 1.16. The van der Waals surface area contributed by atoms with E-state index >= 15 is 0 Å². The third kappa shape index (κ3) is 6.16. The number of fused-ring (bicyclic) bond motifs is 3. The maximum atomic E-state index is 12.7. The first-order valence-corrected chi connectivity index (χ1v) is 11.8. The minimum atomic E-state index is -0.937. The number of ether oxygens (including phenoxy) is 1. The second-order valence-electron chi connectivity index (χ2n) is 9.44. The Morgan fingerprint density at radius 3 is 2.18 bits per heavy atom. The van der Waals surface area contributed by atoms with Crippen LogP contribution in [0.15, 0.2) is 48.5 Å². The van der Waals surface area contributed by atoms with Crippen LogP contribution in [0.4, 0.5) is 4.79 Å². The van der Waals surface area contributed by atoms with Gasteiger partial charge in [0.25, 0.3) is 0 Å². The summed E-state index contributed by atoms with van der Waals surface area (Å²) in [6, 6.07) is 15.9. The molecule has 1 atom stereocenters. The second-order valence-corrected chi connectivity index (χ2v) is 9.44. The highest BCUT2D eigenvalue weighted by molar-refractivity contribution is 5.83. The lowest BCUT2D eigenvalue weighted by atomic mass is 9.87. The molecule has 2 aromatic rings. The molecule has 0 heterocycles. The highest BCUT2D eigenvalue weighted by Crippen LogP contribution is 2.44. The molecule has 3 rings (SSSR count). The molecule has 7 heteroatoms. The predicted molar refractivity (Wildman–Crippen MR) is 131 cm³/mol. The predicted octanol–water partition coefficient (Wildman–Crippen LogP) is 4.70. The van der Waals surface area contributed by atoms with Crippen LogP contribution in [-0.2, 0) is 14.3 Å². The van der Waals surface area contributed by atoms with Crippen molar-refractivity contribution in [3.63, 3.8) is 0 Å². The van der Waals surface area contributed by atoms with Gasteiger partial charge in [0, 0.05) is 23.9 Å². The number of hydrogen-bond donors (Lipinski definition) is 3. The number of carboxylic acids is 1. The van der Waals surface area contributed by atoms with E-state index in [-0.39, 0.29) is 31.4 Å². The summed E-state index contributed by atoms with van der Waals surface area (Å²) in [5, 5.41) is 14.6. The molecular formula is C27H34N2O5. The fraction of sp³-hybridized carbons (Fsp3) is 0.444. The van der Waals surface area contributed by atoms with Gasteiger partial charge in [-0.2, -0.15) is 0 Å². The van der Waals surface area contributed by atoms with E-state index in [1.54, 1.807) is 13.8 Å². The lowest BCUT2D eigenvalue weighted by Gasteiger charge is -2.27. The van der Waals surface area contributed by atoms with Crippen LogP contribution in [0.3, 0.4) is 0 Å². The van der Waals surface area contributed by atoms with E-state index in [2.05, 4.69) is 34.9 Å². The molecule has 1 aliphatic rings. The van der Waals surface area contributed by atoms with Crippen LogP contribution < -0.4 is 10.6 Å². The molecule has 3 N–H and O–H groups in total. The molecule has 2 aromatic carbocycles. The monoisotopic (exact) mass is 466 g/mol. The van der Waals surface area contributed by atoms with Crippen LogP contribution in [0.25, 0.3) is 11.1 Å². The Hall–Kier alpha value is -3.35. The normalized spacial score (nSPS) is 13.5. The number of hydrogen-bond acceptors (Lipinski definition) is 4. The fourth-order valence-corrected chi connectivity index (χ4v) is 4.41. The van der Waals surface area contributed by atoms with Gasteiger partial charge in [-0.25, -0.2) is 4.79 Å². The Balaban J connectivity index is 1.49. The standard InChI is InChI=1S/C27H34N2O5/c1-4-9-18(16-24(30)31)29-25(32)27(2,3)14-15-28-26(33)34-17-23-21-12-7-5-10-19(21)20-11-6-8-13-22(20)23/h5-8,10-13,18,23H,4,9,14-17H2,1-3H3,(H,28,33)(H,29,32)(H,30,31)/t18-/m0/s1. The Bertz CT molecular complexity index is 988. The highest BCUT2D eigenvalue weighted by atomic mass is 16.5. The Kier molecular flexibility index (Phi) is 8.31. The first-order chi connectivity index (χ1) is 16.2. The van der Waals surface area contributed by atoms with Crippen molar-refractivity contribution in [2.75, 3.05) is 13.2 Å². The first-order valence-electron chi connectivity index (χ1n) is 11.8. The number of benzene rings is 2. The molecule has 0 aliphatic heterocycles. The van der Waals surface area contributed by atoms with Crippen LogP contribution in [0.5, 0.6) is 0 Å². The number of aliphatic carboxylic acids is 1. The van der Waals surface area contributed by atoms with Crippen molar-refractivity contribution in [3.8, 4) is 11.1 Å². The van der Waals surface area contributed by atoms with Crippen molar-refractivity contribution in [2.45, 2.75) is 58.4 Å². The molecule has 0 fully saturated rings. The van der Waals surface area contributed by atoms with Crippen LogP contribution in [-0.4, -0.2) is 42.3 Å². The molecule has 0 unspecified atom stereocenters. The zero-order chi connectivity index (χ0) is 24.7. The maximum absolute atomic E-state index is 12.7. The summed E-state index contributed by atoms with van der Waals surface area (Å²) in [6.45, 7) is 6.02. The number of carbonyl (C=O) groups is 3. The molecule has 0 bridgehead atoms. The van der Waals surface area contributed by atoms with Gasteiger partial charge in [-0.05, 0) is 35.1 Å². The number of carboxylic acid groups (broad SMARTS) is 1. The summed E-state index contributed by atoms with van der Waals surface area (Å²) in [4.78, 5) is 36.1. The minimum absolute atomic E-state index is 0.00916. The Morgan fingerprint density at radius 1 is 1.03 bits per heavy atom. The van der Waals surface area contributed by atoms with Gasteiger partial charge >= 0.3 is 12.1 Å². The lowest BCUT2D eigenvalue weighted by molar-refractivity contribution is -0.138. The van der Waals surface area contributed by atoms with Gasteiger partial charge in [0.05, 0.1) is 6.42 Å². The van der Waals surface area contributed by atoms with Gasteiger partial charge < -0.3 is 20.5 Å². The Labute approximate surface area is 200 Å². The number of amides is 2. The lowest BCUT2D eigenvalue weighted by Crippen LogP contribution is -2.45. The SMILES string of the molecule is CCC[C@@H](CC(=O)O)NC(=O)C(C)(C)CCNC(=O)OCC1c2ccccc2-c2ccccc21. The van der Waals surface area contributed by atoms with E-state index in [0.717, 1.165) is 17.5 Å². The average molecular weight is 467 g/mol. The third-order valence-electron chi connectivity index (χ3n) is 6.37. The largest absolute Gasteiger partial charge is 0.481 e. The van der Waals surface area contributed by atoms with Gasteiger partial charge in [0.2, 0.25) is 5.91 Å².